The number of hydrogen-bond donors (Lipinski definition) is 0. The van der Waals surface area contributed by atoms with Crippen molar-refractivity contribution in [2.75, 3.05) is 20.2 Å². The number of esters is 1. The molecule has 9 heteroatoms. The quantitative estimate of drug-likeness (QED) is 0.304. The fourth-order valence-electron chi connectivity index (χ4n) is 1.85. The van der Waals surface area contributed by atoms with Crippen LogP contribution in [0.25, 0.3) is 0 Å². The topological polar surface area (TPSA) is 107 Å². The number of carbonyl (C=O) groups excluding carboxylic acids is 1. The molecule has 0 atom stereocenters. The number of terminal acetylenes is 1. The summed E-state index contributed by atoms with van der Waals surface area (Å²) in [7, 11) is -2.92. The van der Waals surface area contributed by atoms with Crippen LogP contribution >= 0.6 is 0 Å². The molecule has 0 amide bonds. The molecular formula is C14H16N2O6S. The van der Waals surface area contributed by atoms with Crippen molar-refractivity contribution in [2.45, 2.75) is 17.7 Å². The van der Waals surface area contributed by atoms with Crippen molar-refractivity contribution < 1.29 is 22.9 Å². The van der Waals surface area contributed by atoms with Gasteiger partial charge in [-0.15, -0.1) is 6.42 Å². The van der Waals surface area contributed by atoms with E-state index in [-0.39, 0.29) is 25.9 Å². The Morgan fingerprint density at radius 1 is 1.43 bits per heavy atom. The first-order valence-electron chi connectivity index (χ1n) is 6.58. The highest BCUT2D eigenvalue weighted by molar-refractivity contribution is 7.89. The first-order chi connectivity index (χ1) is 10.8. The van der Waals surface area contributed by atoms with Crippen molar-refractivity contribution in [3.05, 3.63) is 34.4 Å². The summed E-state index contributed by atoms with van der Waals surface area (Å²) in [6, 6.07) is 5.02. The molecule has 124 valence electrons. The Hall–Kier alpha value is -2.44. The third kappa shape index (κ3) is 4.77. The van der Waals surface area contributed by atoms with Crippen molar-refractivity contribution in [1.29, 1.82) is 0 Å². The number of nitro groups is 1. The van der Waals surface area contributed by atoms with Crippen molar-refractivity contribution in [3.8, 4) is 12.3 Å². The molecule has 0 heterocycles. The van der Waals surface area contributed by atoms with E-state index in [2.05, 4.69) is 10.7 Å². The molecule has 0 bridgehead atoms. The van der Waals surface area contributed by atoms with E-state index in [1.165, 1.54) is 19.2 Å². The predicted molar refractivity (Wildman–Crippen MR) is 81.9 cm³/mol. The number of para-hydroxylation sites is 1. The Balaban J connectivity index is 3.08. The summed E-state index contributed by atoms with van der Waals surface area (Å²) < 4.78 is 30.6. The summed E-state index contributed by atoms with van der Waals surface area (Å²) in [6.07, 6.45) is 5.38. The lowest BCUT2D eigenvalue weighted by atomic mass is 10.3. The highest BCUT2D eigenvalue weighted by Gasteiger charge is 2.30. The standard InChI is InChI=1S/C14H16N2O6S/c1-3-10-15(11-6-9-14(17)22-2)23(20,21)13-8-5-4-7-12(13)16(18)19/h1,4-5,7-8H,6,9-11H2,2H3. The van der Waals surface area contributed by atoms with Crippen LogP contribution in [-0.4, -0.2) is 43.8 Å². The zero-order valence-electron chi connectivity index (χ0n) is 12.5. The number of benzene rings is 1. The van der Waals surface area contributed by atoms with Crippen LogP contribution in [0.3, 0.4) is 0 Å². The van der Waals surface area contributed by atoms with E-state index in [9.17, 15) is 23.3 Å². The fraction of sp³-hybridized carbons (Fsp3) is 0.357. The number of hydrogen-bond acceptors (Lipinski definition) is 6. The van der Waals surface area contributed by atoms with E-state index in [4.69, 9.17) is 6.42 Å². The van der Waals surface area contributed by atoms with Gasteiger partial charge in [0.1, 0.15) is 0 Å². The van der Waals surface area contributed by atoms with Gasteiger partial charge in [0.15, 0.2) is 4.90 Å². The number of nitrogens with zero attached hydrogens (tertiary/aromatic N) is 2. The molecule has 0 aromatic heterocycles. The Kier molecular flexibility index (Phi) is 6.68. The third-order valence-corrected chi connectivity index (χ3v) is 4.86. The van der Waals surface area contributed by atoms with Gasteiger partial charge in [0.05, 0.1) is 18.6 Å². The summed E-state index contributed by atoms with van der Waals surface area (Å²) in [5.41, 5.74) is -0.525. The highest BCUT2D eigenvalue weighted by atomic mass is 32.2. The maximum absolute atomic E-state index is 12.6. The molecule has 0 aliphatic heterocycles. The van der Waals surface area contributed by atoms with E-state index in [1.54, 1.807) is 0 Å². The largest absolute Gasteiger partial charge is 0.469 e. The third-order valence-electron chi connectivity index (χ3n) is 2.96. The van der Waals surface area contributed by atoms with Gasteiger partial charge < -0.3 is 4.74 Å². The minimum Gasteiger partial charge on any atom is -0.469 e. The summed E-state index contributed by atoms with van der Waals surface area (Å²) in [6.45, 7) is -0.302. The van der Waals surface area contributed by atoms with Gasteiger partial charge in [-0.2, -0.15) is 4.31 Å². The van der Waals surface area contributed by atoms with Crippen LogP contribution in [0.15, 0.2) is 29.2 Å². The summed E-state index contributed by atoms with van der Waals surface area (Å²) >= 11 is 0. The van der Waals surface area contributed by atoms with Gasteiger partial charge in [-0.1, -0.05) is 18.1 Å². The van der Waals surface area contributed by atoms with Crippen molar-refractivity contribution in [2.24, 2.45) is 0 Å². The maximum Gasteiger partial charge on any atom is 0.305 e. The molecule has 0 aliphatic rings. The second-order valence-corrected chi connectivity index (χ2v) is 6.35. The Bertz CT molecular complexity index is 723. The average molecular weight is 340 g/mol. The van der Waals surface area contributed by atoms with Crippen LogP contribution in [-0.2, 0) is 19.6 Å². The Morgan fingerprint density at radius 2 is 2.09 bits per heavy atom. The van der Waals surface area contributed by atoms with E-state index in [0.717, 1.165) is 16.4 Å². The average Bonchev–Trinajstić information content (AvgIpc) is 2.53. The predicted octanol–water partition coefficient (Wildman–Crippen LogP) is 1.17. The minimum absolute atomic E-state index is 0.0178. The number of methoxy groups -OCH3 is 1. The molecule has 0 aliphatic carbocycles. The molecule has 1 aromatic rings. The number of carbonyl (C=O) groups is 1. The normalized spacial score (nSPS) is 11.0. The smallest absolute Gasteiger partial charge is 0.305 e. The lowest BCUT2D eigenvalue weighted by Gasteiger charge is -2.19. The molecule has 0 fully saturated rings. The van der Waals surface area contributed by atoms with E-state index >= 15 is 0 Å². The van der Waals surface area contributed by atoms with Gasteiger partial charge in [0.25, 0.3) is 15.7 Å². The van der Waals surface area contributed by atoms with Crippen LogP contribution in [0, 0.1) is 22.5 Å². The number of rotatable bonds is 8. The fourth-order valence-corrected chi connectivity index (χ4v) is 3.40. The van der Waals surface area contributed by atoms with Crippen LogP contribution in [0.5, 0.6) is 0 Å². The first-order valence-corrected chi connectivity index (χ1v) is 8.02. The zero-order valence-corrected chi connectivity index (χ0v) is 13.3. The number of ether oxygens (including phenoxy) is 1. The van der Waals surface area contributed by atoms with Gasteiger partial charge in [-0.05, 0) is 12.5 Å². The molecule has 0 N–H and O–H groups in total. The lowest BCUT2D eigenvalue weighted by Crippen LogP contribution is -2.33. The summed E-state index contributed by atoms with van der Waals surface area (Å²) in [4.78, 5) is 20.9. The summed E-state index contributed by atoms with van der Waals surface area (Å²) in [5, 5.41) is 11.0. The second kappa shape index (κ2) is 8.26. The SMILES string of the molecule is C#CCN(CCCC(=O)OC)S(=O)(=O)c1ccccc1[N+](=O)[O-]. The van der Waals surface area contributed by atoms with Crippen LogP contribution < -0.4 is 0 Å². The molecule has 1 rings (SSSR count). The van der Waals surface area contributed by atoms with Crippen molar-refractivity contribution >= 4 is 21.7 Å². The van der Waals surface area contributed by atoms with Gasteiger partial charge in [0, 0.05) is 19.0 Å². The monoisotopic (exact) mass is 340 g/mol. The Labute approximate surface area is 134 Å². The molecule has 0 unspecified atom stereocenters. The van der Waals surface area contributed by atoms with Gasteiger partial charge in [-0.25, -0.2) is 8.42 Å². The zero-order chi connectivity index (χ0) is 17.5. The van der Waals surface area contributed by atoms with E-state index in [0.29, 0.717) is 0 Å². The highest BCUT2D eigenvalue weighted by Crippen LogP contribution is 2.26. The lowest BCUT2D eigenvalue weighted by molar-refractivity contribution is -0.387. The van der Waals surface area contributed by atoms with Gasteiger partial charge in [0.2, 0.25) is 0 Å². The van der Waals surface area contributed by atoms with Crippen LogP contribution in [0.2, 0.25) is 0 Å². The summed E-state index contributed by atoms with van der Waals surface area (Å²) in [5.74, 6) is 1.73. The molecule has 8 nitrogen and oxygen atoms in total. The van der Waals surface area contributed by atoms with Crippen LogP contribution in [0.4, 0.5) is 5.69 Å². The molecular weight excluding hydrogens is 324 g/mol. The Morgan fingerprint density at radius 3 is 2.65 bits per heavy atom. The van der Waals surface area contributed by atoms with Crippen molar-refractivity contribution in [1.82, 2.24) is 4.31 Å². The van der Waals surface area contributed by atoms with Crippen molar-refractivity contribution in [3.63, 3.8) is 0 Å². The number of nitro benzene ring substituents is 1. The first kappa shape index (κ1) is 18.6. The maximum atomic E-state index is 12.6. The molecule has 0 radical (unpaired) electrons. The molecule has 1 aromatic carbocycles. The van der Waals surface area contributed by atoms with Gasteiger partial charge in [-0.3, -0.25) is 14.9 Å². The molecule has 23 heavy (non-hydrogen) atoms. The van der Waals surface area contributed by atoms with E-state index < -0.39 is 31.5 Å². The second-order valence-electron chi connectivity index (χ2n) is 4.45. The number of sulfonamides is 1. The minimum atomic E-state index is -4.15. The molecule has 0 saturated heterocycles. The van der Waals surface area contributed by atoms with Gasteiger partial charge >= 0.3 is 5.97 Å². The molecule has 0 spiro atoms. The van der Waals surface area contributed by atoms with Crippen LogP contribution in [0.1, 0.15) is 12.8 Å². The molecule has 0 saturated carbocycles. The van der Waals surface area contributed by atoms with E-state index in [1.807, 2.05) is 0 Å².